The normalized spacial score (nSPS) is 12.4. The van der Waals surface area contributed by atoms with Crippen LogP contribution < -0.4 is 0 Å². The van der Waals surface area contributed by atoms with Gasteiger partial charge in [0.25, 0.3) is 0 Å². The summed E-state index contributed by atoms with van der Waals surface area (Å²) in [5, 5.41) is 9.66. The monoisotopic (exact) mass is 326 g/mol. The van der Waals surface area contributed by atoms with Gasteiger partial charge in [0.2, 0.25) is 0 Å². The molecule has 0 heterocycles. The zero-order chi connectivity index (χ0) is 13.1. The van der Waals surface area contributed by atoms with E-state index in [0.29, 0.717) is 10.5 Å². The van der Waals surface area contributed by atoms with Crippen LogP contribution in [0.1, 0.15) is 18.6 Å². The van der Waals surface area contributed by atoms with Gasteiger partial charge in [-0.3, -0.25) is 0 Å². The highest BCUT2D eigenvalue weighted by molar-refractivity contribution is 9.10. The lowest BCUT2D eigenvalue weighted by Crippen LogP contribution is -1.96. The summed E-state index contributed by atoms with van der Waals surface area (Å²) in [7, 11) is 0. The minimum Gasteiger partial charge on any atom is -0.389 e. The first kappa shape index (κ1) is 13.6. The molecule has 0 saturated heterocycles. The van der Waals surface area contributed by atoms with Crippen molar-refractivity contribution in [2.45, 2.75) is 22.8 Å². The van der Waals surface area contributed by atoms with E-state index in [4.69, 9.17) is 0 Å². The van der Waals surface area contributed by atoms with Crippen molar-refractivity contribution in [3.63, 3.8) is 0 Å². The molecular weight excluding hydrogens is 315 g/mol. The maximum Gasteiger partial charge on any atom is 0.137 e. The van der Waals surface area contributed by atoms with Gasteiger partial charge in [0.15, 0.2) is 0 Å². The summed E-state index contributed by atoms with van der Waals surface area (Å²) >= 11 is 4.68. The predicted octanol–water partition coefficient (Wildman–Crippen LogP) is 4.79. The molecule has 0 aromatic heterocycles. The first-order chi connectivity index (χ1) is 8.58. The Labute approximate surface area is 118 Å². The Bertz CT molecular complexity index is 540. The first-order valence-corrected chi connectivity index (χ1v) is 7.09. The first-order valence-electron chi connectivity index (χ1n) is 5.48. The second-order valence-corrected chi connectivity index (χ2v) is 5.89. The quantitative estimate of drug-likeness (QED) is 0.874. The van der Waals surface area contributed by atoms with E-state index in [1.807, 2.05) is 24.3 Å². The molecule has 0 aliphatic rings. The molecule has 94 valence electrons. The van der Waals surface area contributed by atoms with Crippen LogP contribution in [0.25, 0.3) is 0 Å². The number of benzene rings is 2. The number of aliphatic hydroxyl groups excluding tert-OH is 1. The third-order valence-corrected chi connectivity index (χ3v) is 4.15. The van der Waals surface area contributed by atoms with Gasteiger partial charge < -0.3 is 5.11 Å². The summed E-state index contributed by atoms with van der Waals surface area (Å²) in [6, 6.07) is 12.4. The summed E-state index contributed by atoms with van der Waals surface area (Å²) in [4.78, 5) is 1.42. The van der Waals surface area contributed by atoms with E-state index in [1.54, 1.807) is 19.1 Å². The highest BCUT2D eigenvalue weighted by atomic mass is 79.9. The Morgan fingerprint density at radius 2 is 1.83 bits per heavy atom. The third-order valence-electron chi connectivity index (χ3n) is 2.48. The zero-order valence-corrected chi connectivity index (χ0v) is 12.1. The molecule has 2 rings (SSSR count). The van der Waals surface area contributed by atoms with Gasteiger partial charge in [-0.15, -0.1) is 0 Å². The molecule has 0 saturated carbocycles. The Morgan fingerprint density at radius 3 is 2.44 bits per heavy atom. The maximum atomic E-state index is 13.8. The van der Waals surface area contributed by atoms with E-state index in [9.17, 15) is 9.50 Å². The zero-order valence-electron chi connectivity index (χ0n) is 9.73. The average Bonchev–Trinajstić information content (AvgIpc) is 2.34. The summed E-state index contributed by atoms with van der Waals surface area (Å²) in [6.45, 7) is 1.64. The molecule has 1 atom stereocenters. The van der Waals surface area contributed by atoms with Gasteiger partial charge in [-0.05, 0) is 42.8 Å². The lowest BCUT2D eigenvalue weighted by Gasteiger charge is -2.12. The van der Waals surface area contributed by atoms with Gasteiger partial charge in [0.05, 0.1) is 11.0 Å². The van der Waals surface area contributed by atoms with E-state index in [2.05, 4.69) is 15.9 Å². The SMILES string of the molecule is CC(O)c1cccc(F)c1Sc1ccc(Br)cc1. The Morgan fingerprint density at radius 1 is 1.17 bits per heavy atom. The molecule has 2 aromatic rings. The summed E-state index contributed by atoms with van der Waals surface area (Å²) in [6.07, 6.45) is -0.682. The van der Waals surface area contributed by atoms with Crippen molar-refractivity contribution >= 4 is 27.7 Å². The second kappa shape index (κ2) is 5.87. The molecule has 0 aliphatic heterocycles. The minimum atomic E-state index is -0.682. The van der Waals surface area contributed by atoms with Crippen LogP contribution in [0.15, 0.2) is 56.7 Å². The topological polar surface area (TPSA) is 20.2 Å². The van der Waals surface area contributed by atoms with Crippen LogP contribution in [0.5, 0.6) is 0 Å². The summed E-state index contributed by atoms with van der Waals surface area (Å²) in [5.74, 6) is -0.304. The maximum absolute atomic E-state index is 13.8. The largest absolute Gasteiger partial charge is 0.389 e. The molecule has 1 N–H and O–H groups in total. The van der Waals surface area contributed by atoms with Crippen LogP contribution in [-0.4, -0.2) is 5.11 Å². The molecule has 0 spiro atoms. The fraction of sp³-hybridized carbons (Fsp3) is 0.143. The van der Waals surface area contributed by atoms with Crippen molar-refractivity contribution in [3.8, 4) is 0 Å². The highest BCUT2D eigenvalue weighted by Crippen LogP contribution is 2.35. The number of hydrogen-bond donors (Lipinski definition) is 1. The molecule has 18 heavy (non-hydrogen) atoms. The molecule has 2 aromatic carbocycles. The van der Waals surface area contributed by atoms with Gasteiger partial charge in [-0.1, -0.05) is 39.8 Å². The van der Waals surface area contributed by atoms with Crippen LogP contribution in [0, 0.1) is 5.82 Å². The van der Waals surface area contributed by atoms with Crippen LogP contribution in [0.3, 0.4) is 0 Å². The van der Waals surface area contributed by atoms with Gasteiger partial charge in [0, 0.05) is 9.37 Å². The predicted molar refractivity (Wildman–Crippen MR) is 75.3 cm³/mol. The molecule has 0 radical (unpaired) electrons. The van der Waals surface area contributed by atoms with Gasteiger partial charge in [0.1, 0.15) is 5.82 Å². The minimum absolute atomic E-state index is 0.304. The standard InChI is InChI=1S/C14H12BrFOS/c1-9(17)12-3-2-4-13(16)14(12)18-11-7-5-10(15)6-8-11/h2-9,17H,1H3. The lowest BCUT2D eigenvalue weighted by atomic mass is 10.1. The molecule has 0 bridgehead atoms. The van der Waals surface area contributed by atoms with Crippen LogP contribution in [-0.2, 0) is 0 Å². The molecule has 0 amide bonds. The highest BCUT2D eigenvalue weighted by Gasteiger charge is 2.13. The summed E-state index contributed by atoms with van der Waals surface area (Å²) in [5.41, 5.74) is 0.614. The lowest BCUT2D eigenvalue weighted by molar-refractivity contribution is 0.195. The van der Waals surface area contributed by atoms with Gasteiger partial charge >= 0.3 is 0 Å². The Balaban J connectivity index is 2.36. The number of halogens is 2. The molecule has 0 aliphatic carbocycles. The molecule has 1 unspecified atom stereocenters. The smallest absolute Gasteiger partial charge is 0.137 e. The van der Waals surface area contributed by atoms with E-state index in [0.717, 1.165) is 9.37 Å². The van der Waals surface area contributed by atoms with Crippen molar-refractivity contribution in [3.05, 3.63) is 58.3 Å². The van der Waals surface area contributed by atoms with E-state index < -0.39 is 6.10 Å². The van der Waals surface area contributed by atoms with Crippen molar-refractivity contribution in [1.82, 2.24) is 0 Å². The van der Waals surface area contributed by atoms with Crippen molar-refractivity contribution in [2.24, 2.45) is 0 Å². The van der Waals surface area contributed by atoms with Gasteiger partial charge in [-0.2, -0.15) is 0 Å². The van der Waals surface area contributed by atoms with Crippen LogP contribution in [0.2, 0.25) is 0 Å². The number of rotatable bonds is 3. The molecule has 4 heteroatoms. The number of aliphatic hydroxyl groups is 1. The van der Waals surface area contributed by atoms with Crippen molar-refractivity contribution in [1.29, 1.82) is 0 Å². The van der Waals surface area contributed by atoms with E-state index >= 15 is 0 Å². The van der Waals surface area contributed by atoms with Crippen molar-refractivity contribution < 1.29 is 9.50 Å². The fourth-order valence-electron chi connectivity index (χ4n) is 1.58. The molecular formula is C14H12BrFOS. The molecule has 1 nitrogen and oxygen atoms in total. The van der Waals surface area contributed by atoms with Gasteiger partial charge in [-0.25, -0.2) is 4.39 Å². The van der Waals surface area contributed by atoms with Crippen molar-refractivity contribution in [2.75, 3.05) is 0 Å². The second-order valence-electron chi connectivity index (χ2n) is 3.89. The average molecular weight is 327 g/mol. The van der Waals surface area contributed by atoms with E-state index in [-0.39, 0.29) is 5.82 Å². The fourth-order valence-corrected chi connectivity index (χ4v) is 2.88. The van der Waals surface area contributed by atoms with Crippen LogP contribution in [0.4, 0.5) is 4.39 Å². The van der Waals surface area contributed by atoms with Crippen LogP contribution >= 0.6 is 27.7 Å². The Kier molecular flexibility index (Phi) is 4.43. The van der Waals surface area contributed by atoms with E-state index in [1.165, 1.54) is 17.8 Å². The summed E-state index contributed by atoms with van der Waals surface area (Å²) < 4.78 is 14.8. The Hall–Kier alpha value is -0.840. The number of hydrogen-bond acceptors (Lipinski definition) is 2. The third kappa shape index (κ3) is 3.13. The molecule has 0 fully saturated rings.